The van der Waals surface area contributed by atoms with E-state index in [-0.39, 0.29) is 41.1 Å². The smallest absolute Gasteiger partial charge is 1.00 e. The fourth-order valence-electron chi connectivity index (χ4n) is 6.97. The number of hydrogen-bond donors (Lipinski definition) is 0. The van der Waals surface area contributed by atoms with Crippen LogP contribution in [0.4, 0.5) is 0 Å². The van der Waals surface area contributed by atoms with Crippen LogP contribution in [0, 0.1) is 11.3 Å². The molecule has 46 heavy (non-hydrogen) atoms. The van der Waals surface area contributed by atoms with Crippen LogP contribution in [0.3, 0.4) is 0 Å². The first-order chi connectivity index (χ1) is 20.6. The molecular weight excluding hydrogens is 679 g/mol. The molecule has 0 aliphatic heterocycles. The summed E-state index contributed by atoms with van der Waals surface area (Å²) in [5.41, 5.74) is 16.1. The third-order valence-corrected chi connectivity index (χ3v) is 14.0. The Hall–Kier alpha value is -2.18. The van der Waals surface area contributed by atoms with Crippen molar-refractivity contribution in [2.24, 2.45) is 11.3 Å². The van der Waals surface area contributed by atoms with Crippen LogP contribution in [0.1, 0.15) is 95.1 Å². The summed E-state index contributed by atoms with van der Waals surface area (Å²) in [5, 5.41) is 0. The van der Waals surface area contributed by atoms with Crippen molar-refractivity contribution < 1.29 is 48.0 Å². The molecule has 0 heterocycles. The number of allylic oxidation sites excluding steroid dienone is 4. The molecule has 0 spiro atoms. The molecule has 4 aromatic carbocycles. The summed E-state index contributed by atoms with van der Waals surface area (Å²) >= 11 is -1.05. The Labute approximate surface area is 302 Å². The fraction of sp³-hybridized carbons (Fsp3) is 0.349. The van der Waals surface area contributed by atoms with Gasteiger partial charge in [0.05, 0.1) is 0 Å². The standard InChI is InChI=1S/C33H33.C10H15.2ClH.Zr/c1-32(2,3)30-20-26-24(18-28(30)22-13-9-7-10-14-22)17-25-19-29(23-15-11-8-12-16-23)31(21-27(25)26)33(4,5)6;1-8-5-6-9(7-8)10(2,3)4;;;/h7-21H,1-6H3;6-8H,1-4H3;2*1H;/q;;;;+2/p-2. The molecule has 0 nitrogen and oxygen atoms in total. The Morgan fingerprint density at radius 1 is 0.522 bits per heavy atom. The Morgan fingerprint density at radius 2 is 0.935 bits per heavy atom. The summed E-state index contributed by atoms with van der Waals surface area (Å²) in [5.74, 6) is 0.535. The second-order valence-corrected chi connectivity index (χ2v) is 19.6. The van der Waals surface area contributed by atoms with E-state index < -0.39 is 23.2 Å². The molecule has 0 fully saturated rings. The summed E-state index contributed by atoms with van der Waals surface area (Å²) in [7, 11) is 0. The topological polar surface area (TPSA) is 0 Å². The van der Waals surface area contributed by atoms with Gasteiger partial charge in [-0.3, -0.25) is 0 Å². The van der Waals surface area contributed by atoms with Crippen molar-refractivity contribution in [2.45, 2.75) is 83.7 Å². The summed E-state index contributed by atoms with van der Waals surface area (Å²) in [4.78, 5) is 0. The molecule has 0 N–H and O–H groups in total. The maximum absolute atomic E-state index is 2.61. The van der Waals surface area contributed by atoms with Crippen LogP contribution in [0.2, 0.25) is 0 Å². The van der Waals surface area contributed by atoms with Gasteiger partial charge in [0, 0.05) is 0 Å². The van der Waals surface area contributed by atoms with E-state index in [1.165, 1.54) is 50.1 Å². The molecule has 6 rings (SSSR count). The molecule has 1 unspecified atom stereocenters. The third-order valence-electron chi connectivity index (χ3n) is 9.49. The molecule has 0 aromatic heterocycles. The molecule has 0 saturated heterocycles. The van der Waals surface area contributed by atoms with Gasteiger partial charge in [0.1, 0.15) is 0 Å². The Bertz CT molecular complexity index is 1670. The molecule has 0 amide bonds. The van der Waals surface area contributed by atoms with Crippen LogP contribution >= 0.6 is 0 Å². The minimum Gasteiger partial charge on any atom is -1.00 e. The maximum atomic E-state index is 2.61. The van der Waals surface area contributed by atoms with Gasteiger partial charge in [-0.25, -0.2) is 0 Å². The van der Waals surface area contributed by atoms with E-state index in [1.807, 2.05) is 0 Å². The minimum atomic E-state index is -1.05. The van der Waals surface area contributed by atoms with Crippen molar-refractivity contribution in [3.63, 3.8) is 0 Å². The van der Waals surface area contributed by atoms with E-state index in [4.69, 9.17) is 0 Å². The van der Waals surface area contributed by atoms with Crippen molar-refractivity contribution in [3.05, 3.63) is 128 Å². The molecule has 238 valence electrons. The molecule has 2 aliphatic carbocycles. The second kappa shape index (κ2) is 13.4. The van der Waals surface area contributed by atoms with E-state index in [0.717, 1.165) is 0 Å². The summed E-state index contributed by atoms with van der Waals surface area (Å²) < 4.78 is 2.21. The van der Waals surface area contributed by atoms with Crippen molar-refractivity contribution in [1.29, 1.82) is 0 Å². The van der Waals surface area contributed by atoms with Crippen molar-refractivity contribution in [1.82, 2.24) is 0 Å². The fourth-order valence-corrected chi connectivity index (χ4v) is 11.2. The Kier molecular flexibility index (Phi) is 10.7. The largest absolute Gasteiger partial charge is 1.00 e. The van der Waals surface area contributed by atoms with Gasteiger partial charge in [-0.05, 0) is 0 Å². The summed E-state index contributed by atoms with van der Waals surface area (Å²) in [6.07, 6.45) is 5.14. The van der Waals surface area contributed by atoms with Crippen LogP contribution in [0.5, 0.6) is 0 Å². The first kappa shape index (κ1) is 36.7. The van der Waals surface area contributed by atoms with Gasteiger partial charge in [0.2, 0.25) is 0 Å². The van der Waals surface area contributed by atoms with Crippen LogP contribution in [-0.4, -0.2) is 0 Å². The van der Waals surface area contributed by atoms with E-state index in [2.05, 4.69) is 166 Å². The predicted octanol–water partition coefficient (Wildman–Crippen LogP) is 6.28. The first-order valence-electron chi connectivity index (χ1n) is 16.3. The number of rotatable bonds is 4. The number of benzene rings is 4. The van der Waals surface area contributed by atoms with Crippen LogP contribution in [0.25, 0.3) is 33.4 Å². The molecule has 0 saturated carbocycles. The average Bonchev–Trinajstić information content (AvgIpc) is 3.49. The second-order valence-electron chi connectivity index (χ2n) is 16.0. The zero-order valence-electron chi connectivity index (χ0n) is 29.1. The average molecular weight is 727 g/mol. The monoisotopic (exact) mass is 724 g/mol. The Balaban J connectivity index is 0.00000240. The number of hydrogen-bond acceptors (Lipinski definition) is 0. The quantitative estimate of drug-likeness (QED) is 0.233. The molecule has 0 radical (unpaired) electrons. The molecule has 2 aliphatic rings. The predicted molar refractivity (Wildman–Crippen MR) is 187 cm³/mol. The molecule has 0 bridgehead atoms. The summed E-state index contributed by atoms with van der Waals surface area (Å²) in [6.45, 7) is 23.7. The van der Waals surface area contributed by atoms with Gasteiger partial charge in [-0.1, -0.05) is 0 Å². The van der Waals surface area contributed by atoms with Crippen LogP contribution in [0.15, 0.2) is 106 Å². The number of fused-ring (bicyclic) bond motifs is 3. The van der Waals surface area contributed by atoms with Gasteiger partial charge in [-0.15, -0.1) is 0 Å². The molecule has 4 aromatic rings. The van der Waals surface area contributed by atoms with Gasteiger partial charge in [0.25, 0.3) is 0 Å². The zero-order chi connectivity index (χ0) is 31.6. The van der Waals surface area contributed by atoms with Crippen molar-refractivity contribution >= 4 is 0 Å². The van der Waals surface area contributed by atoms with Crippen molar-refractivity contribution in [2.75, 3.05) is 0 Å². The minimum absolute atomic E-state index is 0. The van der Waals surface area contributed by atoms with Gasteiger partial charge in [-0.2, -0.15) is 0 Å². The van der Waals surface area contributed by atoms with Gasteiger partial charge in [0.15, 0.2) is 0 Å². The van der Waals surface area contributed by atoms with E-state index in [9.17, 15) is 0 Å². The van der Waals surface area contributed by atoms with E-state index in [0.29, 0.717) is 9.54 Å². The molecule has 3 heteroatoms. The molecular formula is C43H48Cl2Zr. The van der Waals surface area contributed by atoms with Crippen molar-refractivity contribution in [3.8, 4) is 33.4 Å². The van der Waals surface area contributed by atoms with E-state index >= 15 is 0 Å². The normalized spacial score (nSPS) is 16.0. The van der Waals surface area contributed by atoms with Gasteiger partial charge >= 0.3 is 280 Å². The Morgan fingerprint density at radius 3 is 1.28 bits per heavy atom. The first-order valence-corrected chi connectivity index (χ1v) is 19.0. The third kappa shape index (κ3) is 6.99. The van der Waals surface area contributed by atoms with E-state index in [1.54, 1.807) is 14.4 Å². The maximum Gasteiger partial charge on any atom is -1.00 e. The SMILES string of the molecule is CC1C=C(C(C)(C)C)C=[C]1[Zr+2][CH]1c2cc(-c3ccccc3)c(C(C)(C)C)cc2-c2cc(C(C)(C)C)c(-c3ccccc3)cc21.[Cl-].[Cl-]. The number of halogens is 2. The zero-order valence-corrected chi connectivity index (χ0v) is 33.1. The van der Waals surface area contributed by atoms with Crippen LogP contribution in [-0.2, 0) is 34.1 Å². The summed E-state index contributed by atoms with van der Waals surface area (Å²) in [6, 6.07) is 32.5. The molecule has 1 atom stereocenters. The van der Waals surface area contributed by atoms with Crippen LogP contribution < -0.4 is 24.8 Å². The van der Waals surface area contributed by atoms with Gasteiger partial charge < -0.3 is 24.8 Å².